The molecule has 0 saturated heterocycles. The van der Waals surface area contributed by atoms with Gasteiger partial charge in [0, 0.05) is 5.56 Å². The van der Waals surface area contributed by atoms with Gasteiger partial charge < -0.3 is 0 Å². The minimum atomic E-state index is 0.0751. The lowest BCUT2D eigenvalue weighted by Gasteiger charge is -2.10. The van der Waals surface area contributed by atoms with Gasteiger partial charge in [-0.1, -0.05) is 158 Å². The third-order valence-corrected chi connectivity index (χ3v) is 7.30. The zero-order chi connectivity index (χ0) is 25.7. The summed E-state index contributed by atoms with van der Waals surface area (Å²) in [7, 11) is 0. The number of hydrogen-bond acceptors (Lipinski definition) is 1. The summed E-state index contributed by atoms with van der Waals surface area (Å²) < 4.78 is 0. The molecule has 0 spiro atoms. The fraction of sp³-hybridized carbons (Fsp3) is 0.571. The third-order valence-electron chi connectivity index (χ3n) is 7.30. The van der Waals surface area contributed by atoms with E-state index in [9.17, 15) is 4.79 Å². The Bertz CT molecular complexity index is 848. The van der Waals surface area contributed by atoms with Crippen LogP contribution in [-0.4, -0.2) is 5.78 Å². The zero-order valence-electron chi connectivity index (χ0n) is 23.4. The number of hydrogen-bond donors (Lipinski definition) is 0. The molecule has 0 fully saturated rings. The molecular weight excluding hydrogens is 436 g/mol. The predicted octanol–water partition coefficient (Wildman–Crippen LogP) is 10.9. The van der Waals surface area contributed by atoms with Crippen LogP contribution in [0.5, 0.6) is 0 Å². The molecular formula is C35H52O. The monoisotopic (exact) mass is 488 g/mol. The minimum absolute atomic E-state index is 0.0751. The van der Waals surface area contributed by atoms with Crippen LogP contribution in [0.1, 0.15) is 144 Å². The van der Waals surface area contributed by atoms with E-state index in [1.54, 1.807) is 6.08 Å². The first kappa shape index (κ1) is 30.1. The van der Waals surface area contributed by atoms with Crippen LogP contribution >= 0.6 is 0 Å². The fourth-order valence-corrected chi connectivity index (χ4v) is 4.97. The lowest BCUT2D eigenvalue weighted by Crippen LogP contribution is -1.96. The molecule has 1 nitrogen and oxygen atoms in total. The molecule has 0 radical (unpaired) electrons. The Morgan fingerprint density at radius 2 is 1.14 bits per heavy atom. The van der Waals surface area contributed by atoms with Crippen molar-refractivity contribution < 1.29 is 4.79 Å². The molecule has 0 amide bonds. The van der Waals surface area contributed by atoms with Crippen LogP contribution in [0.3, 0.4) is 0 Å². The number of carbonyl (C=O) groups excluding carboxylic acids is 1. The zero-order valence-corrected chi connectivity index (χ0v) is 23.4. The van der Waals surface area contributed by atoms with Gasteiger partial charge in [-0.15, -0.1) is 0 Å². The van der Waals surface area contributed by atoms with E-state index in [0.717, 1.165) is 12.0 Å². The Labute approximate surface area is 222 Å². The number of benzene rings is 2. The van der Waals surface area contributed by atoms with E-state index >= 15 is 0 Å². The van der Waals surface area contributed by atoms with Gasteiger partial charge in [-0.25, -0.2) is 0 Å². The summed E-state index contributed by atoms with van der Waals surface area (Å²) in [4.78, 5) is 12.5. The number of unbranched alkanes of at least 4 members (excludes halogenated alkanes) is 14. The topological polar surface area (TPSA) is 17.1 Å². The van der Waals surface area contributed by atoms with Crippen LogP contribution < -0.4 is 0 Å². The molecule has 2 aromatic rings. The van der Waals surface area contributed by atoms with Crippen LogP contribution in [0, 0.1) is 0 Å². The SMILES string of the molecule is CCCCCCCCCCCCCCCc1ccc(C=CC(=O)c2ccccc2)c(CCCCC)c1. The first-order chi connectivity index (χ1) is 17.7. The van der Waals surface area contributed by atoms with E-state index in [2.05, 4.69) is 32.0 Å². The Balaban J connectivity index is 1.72. The number of allylic oxidation sites excluding steroid dienone is 1. The maximum atomic E-state index is 12.5. The molecule has 0 saturated carbocycles. The molecule has 0 aliphatic carbocycles. The molecule has 2 rings (SSSR count). The molecule has 0 aromatic heterocycles. The molecule has 0 N–H and O–H groups in total. The summed E-state index contributed by atoms with van der Waals surface area (Å²) in [5.41, 5.74) is 4.80. The summed E-state index contributed by atoms with van der Waals surface area (Å²) in [5, 5.41) is 0. The Morgan fingerprint density at radius 1 is 0.611 bits per heavy atom. The van der Waals surface area contributed by atoms with Gasteiger partial charge in [-0.3, -0.25) is 4.79 Å². The van der Waals surface area contributed by atoms with Crippen LogP contribution in [0.25, 0.3) is 6.08 Å². The summed E-state index contributed by atoms with van der Waals surface area (Å²) in [5.74, 6) is 0.0751. The minimum Gasteiger partial charge on any atom is -0.289 e. The normalized spacial score (nSPS) is 11.4. The molecule has 198 valence electrons. The van der Waals surface area contributed by atoms with Gasteiger partial charge in [0.2, 0.25) is 0 Å². The third kappa shape index (κ3) is 13.2. The highest BCUT2D eigenvalue weighted by atomic mass is 16.1. The molecule has 0 atom stereocenters. The van der Waals surface area contributed by atoms with Crippen LogP contribution in [0.2, 0.25) is 0 Å². The van der Waals surface area contributed by atoms with E-state index in [0.29, 0.717) is 0 Å². The largest absolute Gasteiger partial charge is 0.289 e. The van der Waals surface area contributed by atoms with Crippen molar-refractivity contribution in [2.75, 3.05) is 0 Å². The number of aryl methyl sites for hydroxylation is 2. The standard InChI is InChI=1S/C35H52O/c1-3-5-7-8-9-10-11-12-13-14-15-16-19-22-31-26-27-32(34(30-31)25-18-6-4-2)28-29-35(36)33-23-20-17-21-24-33/h17,20-21,23-24,26-30H,3-16,18-19,22,25H2,1-2H3. The summed E-state index contributed by atoms with van der Waals surface area (Å²) in [6.45, 7) is 4.54. The lowest BCUT2D eigenvalue weighted by molar-refractivity contribution is 0.104. The number of ketones is 1. The molecule has 0 aliphatic heterocycles. The maximum absolute atomic E-state index is 12.5. The van der Waals surface area contributed by atoms with Crippen molar-refractivity contribution in [3.63, 3.8) is 0 Å². The van der Waals surface area contributed by atoms with E-state index in [4.69, 9.17) is 0 Å². The molecule has 0 unspecified atom stereocenters. The smallest absolute Gasteiger partial charge is 0.185 e. The van der Waals surface area contributed by atoms with Gasteiger partial charge in [0.05, 0.1) is 0 Å². The van der Waals surface area contributed by atoms with E-state index in [1.807, 2.05) is 36.4 Å². The average molecular weight is 489 g/mol. The number of carbonyl (C=O) groups is 1. The second-order valence-corrected chi connectivity index (χ2v) is 10.5. The highest BCUT2D eigenvalue weighted by molar-refractivity contribution is 6.06. The van der Waals surface area contributed by atoms with Crippen molar-refractivity contribution in [1.29, 1.82) is 0 Å². The van der Waals surface area contributed by atoms with Gasteiger partial charge in [-0.2, -0.15) is 0 Å². The molecule has 1 heteroatoms. The van der Waals surface area contributed by atoms with Crippen molar-refractivity contribution in [2.45, 2.75) is 129 Å². The highest BCUT2D eigenvalue weighted by Gasteiger charge is 2.05. The van der Waals surface area contributed by atoms with Gasteiger partial charge in [0.25, 0.3) is 0 Å². The van der Waals surface area contributed by atoms with Crippen LogP contribution in [-0.2, 0) is 12.8 Å². The Kier molecular flexibility index (Phi) is 16.7. The fourth-order valence-electron chi connectivity index (χ4n) is 4.97. The average Bonchev–Trinajstić information content (AvgIpc) is 2.91. The lowest BCUT2D eigenvalue weighted by atomic mass is 9.95. The second kappa shape index (κ2) is 20.0. The van der Waals surface area contributed by atoms with Crippen molar-refractivity contribution >= 4 is 11.9 Å². The second-order valence-electron chi connectivity index (χ2n) is 10.5. The van der Waals surface area contributed by atoms with E-state index < -0.39 is 0 Å². The maximum Gasteiger partial charge on any atom is 0.185 e. The van der Waals surface area contributed by atoms with Gasteiger partial charge in [0.15, 0.2) is 5.78 Å². The predicted molar refractivity (Wildman–Crippen MR) is 159 cm³/mol. The summed E-state index contributed by atoms with van der Waals surface area (Å²) in [6.07, 6.45) is 27.9. The van der Waals surface area contributed by atoms with Crippen molar-refractivity contribution in [2.24, 2.45) is 0 Å². The number of rotatable bonds is 21. The Hall–Kier alpha value is -2.15. The van der Waals surface area contributed by atoms with Crippen molar-refractivity contribution in [1.82, 2.24) is 0 Å². The molecule has 0 aliphatic rings. The Morgan fingerprint density at radius 3 is 1.75 bits per heavy atom. The first-order valence-electron chi connectivity index (χ1n) is 15.1. The van der Waals surface area contributed by atoms with E-state index in [1.165, 1.54) is 126 Å². The quantitative estimate of drug-likeness (QED) is 0.0969. The van der Waals surface area contributed by atoms with Crippen molar-refractivity contribution in [3.8, 4) is 0 Å². The molecule has 36 heavy (non-hydrogen) atoms. The first-order valence-corrected chi connectivity index (χ1v) is 15.1. The van der Waals surface area contributed by atoms with Crippen molar-refractivity contribution in [3.05, 3.63) is 76.9 Å². The van der Waals surface area contributed by atoms with Crippen LogP contribution in [0.4, 0.5) is 0 Å². The molecule has 0 heterocycles. The van der Waals surface area contributed by atoms with Gasteiger partial charge in [-0.05, 0) is 48.4 Å². The van der Waals surface area contributed by atoms with Crippen LogP contribution in [0.15, 0.2) is 54.6 Å². The molecule has 0 bridgehead atoms. The van der Waals surface area contributed by atoms with Gasteiger partial charge in [0.1, 0.15) is 0 Å². The summed E-state index contributed by atoms with van der Waals surface area (Å²) in [6, 6.07) is 16.5. The summed E-state index contributed by atoms with van der Waals surface area (Å²) >= 11 is 0. The van der Waals surface area contributed by atoms with E-state index in [-0.39, 0.29) is 5.78 Å². The molecule has 2 aromatic carbocycles. The highest BCUT2D eigenvalue weighted by Crippen LogP contribution is 2.20. The van der Waals surface area contributed by atoms with Gasteiger partial charge >= 0.3 is 0 Å².